The number of nitrogens with one attached hydrogen (secondary N) is 6. The van der Waals surface area contributed by atoms with Crippen LogP contribution in [0.5, 0.6) is 11.5 Å². The Kier molecular flexibility index (Phi) is 34.4. The van der Waals surface area contributed by atoms with Crippen LogP contribution in [0.2, 0.25) is 0 Å². The number of alkyl carbamates (subject to hydrolysis) is 3. The molecular weight excluding hydrogens is 1580 g/mol. The van der Waals surface area contributed by atoms with Crippen LogP contribution in [0, 0.1) is 0 Å². The number of aryl methyl sites for hydroxylation is 3. The molecule has 6 N–H and O–H groups in total. The number of fused-ring (bicyclic) bond motifs is 7. The third-order valence-corrected chi connectivity index (χ3v) is 24.0. The maximum atomic E-state index is 12.2. The van der Waals surface area contributed by atoms with Crippen molar-refractivity contribution in [3.63, 3.8) is 0 Å². The highest BCUT2D eigenvalue weighted by Gasteiger charge is 2.33. The quantitative estimate of drug-likeness (QED) is 0.0905. The normalized spacial score (nSPS) is 17.0. The predicted molar refractivity (Wildman–Crippen MR) is 516 cm³/mol. The monoisotopic (exact) mass is 1730 g/mol. The van der Waals surface area contributed by atoms with E-state index in [2.05, 4.69) is 305 Å². The molecule has 3 aliphatic carbocycles. The molecule has 0 spiro atoms. The number of amides is 5. The average molecular weight is 1730 g/mol. The molecule has 14 rings (SSSR count). The maximum Gasteiger partial charge on any atom is 0.410 e. The summed E-state index contributed by atoms with van der Waals surface area (Å²) in [6.07, 6.45) is 9.24. The Balaban J connectivity index is 0.000000182. The molecule has 3 unspecified atom stereocenters. The molecule has 684 valence electrons. The van der Waals surface area contributed by atoms with Crippen molar-refractivity contribution in [3.05, 3.63) is 211 Å². The Hall–Kier alpha value is -9.36. The summed E-state index contributed by atoms with van der Waals surface area (Å²) in [5.74, 6) is 2.58. The molecule has 0 fully saturated rings. The van der Waals surface area contributed by atoms with Crippen molar-refractivity contribution in [2.75, 3.05) is 68.3 Å². The molecule has 7 aliphatic rings. The number of ether oxygens (including phenoxy) is 6. The van der Waals surface area contributed by atoms with Crippen molar-refractivity contribution in [1.29, 1.82) is 0 Å². The molecule has 0 bridgehead atoms. The van der Waals surface area contributed by atoms with Crippen LogP contribution in [0.4, 0.5) is 36.2 Å². The van der Waals surface area contributed by atoms with Crippen LogP contribution in [0.15, 0.2) is 132 Å². The first-order chi connectivity index (χ1) is 58.1. The average Bonchev–Trinajstić information content (AvgIpc) is 0.799. The van der Waals surface area contributed by atoms with Gasteiger partial charge < -0.3 is 65.2 Å². The summed E-state index contributed by atoms with van der Waals surface area (Å²) in [5.41, 5.74) is 23.1. The molecule has 125 heavy (non-hydrogen) atoms. The molecule has 3 atom stereocenters. The van der Waals surface area contributed by atoms with Crippen LogP contribution >= 0.6 is 11.8 Å². The van der Waals surface area contributed by atoms with E-state index in [4.69, 9.17) is 28.4 Å². The van der Waals surface area contributed by atoms with Crippen molar-refractivity contribution >= 4 is 59.1 Å². The van der Waals surface area contributed by atoms with Gasteiger partial charge in [0.05, 0.1) is 54.7 Å². The smallest absolute Gasteiger partial charge is 0.410 e. The Morgan fingerprint density at radius 3 is 1.22 bits per heavy atom. The fourth-order valence-electron chi connectivity index (χ4n) is 15.8. The number of anilines is 3. The Morgan fingerprint density at radius 1 is 0.440 bits per heavy atom. The van der Waals surface area contributed by atoms with E-state index < -0.39 is 11.2 Å². The van der Waals surface area contributed by atoms with E-state index in [9.17, 15) is 24.0 Å². The van der Waals surface area contributed by atoms with Crippen LogP contribution in [0.1, 0.15) is 334 Å². The van der Waals surface area contributed by atoms with Crippen LogP contribution in [-0.2, 0) is 93.9 Å². The van der Waals surface area contributed by atoms with Gasteiger partial charge in [0.2, 0.25) is 5.91 Å². The topological polar surface area (TPSA) is 216 Å². The third-order valence-electron chi connectivity index (χ3n) is 23.0. The standard InChI is InChI=1S/C19H29NO2.C18H27NO2.C17H25NO2.C16H23NO2.C12H15NOS.2C12H17NO/c1-18(2,3)14-11-10-13-8-7-9-16(15(13)12-14)20-17(21)22-19(4,5)6;1-17(2,3)15-9-7-8-13-12-19(11-10-14(13)15)16(20)21-18(4,5)6;1-5-20-16(19)18-15-8-6-7-12-9-10-13(11-14(12)15)17(2,3)4;1-16(2,3)12-9-8-11-6-5-7-14(13(11)10-12)17-15(18)19-4;1-12(2,3)8-4-5-10-9(6-8)13-11(14)7-15-10;2*1-12(2,3)9-4-5-11-10(8-9)13-6-7-14-11/h10-12,16H,7-9H2,1-6H3,(H,20,21);7-9H,10-12H2,1-6H3;9-11,15H,5-8H2,1-4H3,(H,18,19);8-10,14H,5-7H2,1-4H3,(H,17,18);4-6H,7H2,1-3H3,(H,13,14);2*4-5,8,13H,6-7H2,1-3H3. The summed E-state index contributed by atoms with van der Waals surface area (Å²) in [6.45, 7) is 64.8. The molecular formula is C106H153N7O11S. The van der Waals surface area contributed by atoms with Crippen molar-refractivity contribution in [3.8, 4) is 11.5 Å². The van der Waals surface area contributed by atoms with Crippen LogP contribution in [0.25, 0.3) is 0 Å². The van der Waals surface area contributed by atoms with E-state index in [-0.39, 0.29) is 86.3 Å². The minimum Gasteiger partial charge on any atom is -0.490 e. The molecule has 0 saturated carbocycles. The lowest BCUT2D eigenvalue weighted by molar-refractivity contribution is -0.113. The number of nitrogens with zero attached hydrogens (tertiary/aromatic N) is 1. The van der Waals surface area contributed by atoms with Crippen LogP contribution in [0.3, 0.4) is 0 Å². The summed E-state index contributed by atoms with van der Waals surface area (Å²) >= 11 is 1.60. The van der Waals surface area contributed by atoms with Crippen molar-refractivity contribution in [2.45, 2.75) is 337 Å². The van der Waals surface area contributed by atoms with E-state index in [1.807, 2.05) is 48.5 Å². The Morgan fingerprint density at radius 2 is 0.824 bits per heavy atom. The Labute approximate surface area is 755 Å². The highest BCUT2D eigenvalue weighted by atomic mass is 32.2. The number of thioether (sulfide) groups is 1. The summed E-state index contributed by atoms with van der Waals surface area (Å²) in [6, 6.07) is 45.8. The molecule has 7 aromatic carbocycles. The van der Waals surface area contributed by atoms with E-state index in [0.717, 1.165) is 126 Å². The molecule has 5 amide bonds. The van der Waals surface area contributed by atoms with Crippen LogP contribution < -0.4 is 41.4 Å². The van der Waals surface area contributed by atoms with Gasteiger partial charge in [0.1, 0.15) is 35.9 Å². The van der Waals surface area contributed by atoms with Gasteiger partial charge in [-0.15, -0.1) is 11.8 Å². The fourth-order valence-corrected chi connectivity index (χ4v) is 16.6. The summed E-state index contributed by atoms with van der Waals surface area (Å²) in [5, 5.41) is 18.6. The number of hydrogen-bond acceptors (Lipinski definition) is 14. The molecule has 7 aromatic rings. The van der Waals surface area contributed by atoms with Gasteiger partial charge in [0, 0.05) is 31.1 Å². The lowest BCUT2D eigenvalue weighted by Crippen LogP contribution is -2.40. The first-order valence-electron chi connectivity index (χ1n) is 45.4. The second-order valence-corrected chi connectivity index (χ2v) is 44.1. The minimum atomic E-state index is -0.463. The van der Waals surface area contributed by atoms with E-state index in [1.165, 1.54) is 95.5 Å². The molecule has 0 aromatic heterocycles. The minimum absolute atomic E-state index is 0.0564. The molecule has 18 nitrogen and oxygen atoms in total. The summed E-state index contributed by atoms with van der Waals surface area (Å²) < 4.78 is 31.7. The maximum absolute atomic E-state index is 12.2. The first kappa shape index (κ1) is 101. The van der Waals surface area contributed by atoms with E-state index in [0.29, 0.717) is 18.9 Å². The van der Waals surface area contributed by atoms with Crippen LogP contribution in [-0.4, -0.2) is 98.7 Å². The van der Waals surface area contributed by atoms with Gasteiger partial charge in [-0.05, 0) is 270 Å². The number of carbonyl (C=O) groups is 5. The van der Waals surface area contributed by atoms with Gasteiger partial charge >= 0.3 is 24.4 Å². The molecule has 0 saturated heterocycles. The van der Waals surface area contributed by atoms with Gasteiger partial charge in [-0.25, -0.2) is 19.2 Å². The number of carbonyl (C=O) groups excluding carboxylic acids is 5. The lowest BCUT2D eigenvalue weighted by atomic mass is 9.80. The van der Waals surface area contributed by atoms with Crippen molar-refractivity contribution < 1.29 is 52.4 Å². The number of methoxy groups -OCH3 is 1. The lowest BCUT2D eigenvalue weighted by Gasteiger charge is -2.34. The number of hydrogen-bond donors (Lipinski definition) is 6. The highest BCUT2D eigenvalue weighted by Crippen LogP contribution is 2.42. The summed E-state index contributed by atoms with van der Waals surface area (Å²) in [7, 11) is 1.41. The summed E-state index contributed by atoms with van der Waals surface area (Å²) in [4.78, 5) is 61.6. The Bertz CT molecular complexity index is 4740. The van der Waals surface area contributed by atoms with Gasteiger partial charge in [0.25, 0.3) is 0 Å². The van der Waals surface area contributed by atoms with Gasteiger partial charge in [-0.2, -0.15) is 0 Å². The third kappa shape index (κ3) is 30.7. The zero-order chi connectivity index (χ0) is 92.6. The number of benzene rings is 7. The first-order valence-corrected chi connectivity index (χ1v) is 46.4. The zero-order valence-electron chi connectivity index (χ0n) is 81.4. The van der Waals surface area contributed by atoms with E-state index >= 15 is 0 Å². The van der Waals surface area contributed by atoms with Gasteiger partial charge in [0.15, 0.2) is 0 Å². The zero-order valence-corrected chi connectivity index (χ0v) is 82.2. The SMILES string of the molecule is CC(C)(C)OC(=O)N1CCc2c(cccc2C(C)(C)C)C1.CC(C)(C)OC(=O)NC1CCCc2ccc(C(C)(C)C)cc21.CC(C)(C)c1ccc2c(c1)NC(=O)CS2.CC(C)(C)c1ccc2c(c1)NCCO2.CC(C)(C)c1ccc2c(c1)NCCO2.CCOC(=O)NC1CCCc2ccc(C(C)(C)C)cc21.COC(=O)NC1CCCc2ccc(C(C)(C)C)cc21. The van der Waals surface area contributed by atoms with Crippen molar-refractivity contribution in [2.24, 2.45) is 0 Å². The largest absolute Gasteiger partial charge is 0.490 e. The second kappa shape index (κ2) is 42.5. The van der Waals surface area contributed by atoms with Crippen molar-refractivity contribution in [1.82, 2.24) is 20.9 Å². The fraction of sp³-hybridized carbons (Fsp3) is 0.557. The number of rotatable bonds is 4. The second-order valence-electron chi connectivity index (χ2n) is 43.1. The van der Waals surface area contributed by atoms with Gasteiger partial charge in [-0.3, -0.25) is 4.79 Å². The molecule has 4 aliphatic heterocycles. The molecule has 4 heterocycles. The molecule has 0 radical (unpaired) electrons. The molecule has 19 heteroatoms. The predicted octanol–water partition coefficient (Wildman–Crippen LogP) is 25.6. The van der Waals surface area contributed by atoms with Gasteiger partial charge in [-0.1, -0.05) is 236 Å². The van der Waals surface area contributed by atoms with E-state index in [1.54, 1.807) is 16.7 Å². The highest BCUT2D eigenvalue weighted by molar-refractivity contribution is 8.00.